The lowest BCUT2D eigenvalue weighted by Crippen LogP contribution is -2.11. The van der Waals surface area contributed by atoms with Gasteiger partial charge in [-0.2, -0.15) is 9.97 Å². The van der Waals surface area contributed by atoms with E-state index in [2.05, 4.69) is 37.2 Å². The van der Waals surface area contributed by atoms with Crippen molar-refractivity contribution in [2.45, 2.75) is 37.8 Å². The Balaban J connectivity index is 1.46. The molecule has 1 saturated carbocycles. The van der Waals surface area contributed by atoms with Gasteiger partial charge in [0.05, 0.1) is 26.1 Å². The summed E-state index contributed by atoms with van der Waals surface area (Å²) >= 11 is 0. The van der Waals surface area contributed by atoms with Crippen LogP contribution in [-0.4, -0.2) is 45.4 Å². The van der Waals surface area contributed by atoms with E-state index in [4.69, 9.17) is 10.5 Å². The monoisotopic (exact) mass is 358 g/mol. The molecule has 0 spiro atoms. The number of fused-ring (bicyclic) bond motifs is 1. The Morgan fingerprint density at radius 2 is 2.23 bits per heavy atom. The Hall–Kier alpha value is -2.84. The summed E-state index contributed by atoms with van der Waals surface area (Å²) in [4.78, 5) is 24.2. The molecule has 2 aliphatic carbocycles. The normalized spacial score (nSPS) is 21.9. The van der Waals surface area contributed by atoms with E-state index in [9.17, 15) is 4.79 Å². The molecule has 0 saturated heterocycles. The Morgan fingerprint density at radius 1 is 1.38 bits per heavy atom. The van der Waals surface area contributed by atoms with Crippen LogP contribution in [0.3, 0.4) is 0 Å². The predicted molar refractivity (Wildman–Crippen MR) is 95.6 cm³/mol. The first-order chi connectivity index (χ1) is 12.6. The van der Waals surface area contributed by atoms with Crippen molar-refractivity contribution >= 4 is 29.1 Å². The first kappa shape index (κ1) is 16.6. The second-order valence-corrected chi connectivity index (χ2v) is 6.71. The number of carbonyl (C=O) groups excluding carboxylic acids is 1. The molecule has 0 unspecified atom stereocenters. The molecule has 0 aliphatic heterocycles. The van der Waals surface area contributed by atoms with Gasteiger partial charge in [-0.15, -0.1) is 0 Å². The second kappa shape index (κ2) is 6.81. The fraction of sp³-hybridized carbons (Fsp3) is 0.529. The number of hydrogen-bond acceptors (Lipinski definition) is 8. The van der Waals surface area contributed by atoms with E-state index in [-0.39, 0.29) is 12.0 Å². The van der Waals surface area contributed by atoms with E-state index in [0.29, 0.717) is 24.4 Å². The van der Waals surface area contributed by atoms with Crippen LogP contribution in [0.4, 0.5) is 16.6 Å². The Labute approximate surface area is 150 Å². The van der Waals surface area contributed by atoms with Gasteiger partial charge in [-0.25, -0.2) is 9.78 Å². The maximum atomic E-state index is 11.0. The zero-order chi connectivity index (χ0) is 18.1. The van der Waals surface area contributed by atoms with Crippen molar-refractivity contribution in [2.75, 3.05) is 24.8 Å². The van der Waals surface area contributed by atoms with E-state index in [0.717, 1.165) is 36.8 Å². The minimum Gasteiger partial charge on any atom is -0.438 e. The van der Waals surface area contributed by atoms with E-state index in [1.165, 1.54) is 7.11 Å². The Morgan fingerprint density at radius 3 is 3.00 bits per heavy atom. The van der Waals surface area contributed by atoms with Gasteiger partial charge in [0.2, 0.25) is 5.95 Å². The topological polar surface area (TPSA) is 117 Å². The van der Waals surface area contributed by atoms with Gasteiger partial charge in [-0.1, -0.05) is 12.2 Å². The number of rotatable bonds is 6. The summed E-state index contributed by atoms with van der Waals surface area (Å²) in [5, 5.41) is 3.37. The lowest BCUT2D eigenvalue weighted by Gasteiger charge is -2.14. The van der Waals surface area contributed by atoms with Gasteiger partial charge in [0.25, 0.3) is 0 Å². The lowest BCUT2D eigenvalue weighted by atomic mass is 10.0. The van der Waals surface area contributed by atoms with Crippen molar-refractivity contribution in [3.05, 3.63) is 18.5 Å². The standard InChI is InChI=1S/C17H22N6O3/c1-25-17(24)26-7-6-10-2-5-12(8-10)23-9-19-13-14(20-11-3-4-11)21-16(18)22-15(13)23/h2,5,9-12H,3-4,6-8H2,1H3,(H3,18,20,21,22)/t10-,12-/m0/s1. The molecule has 2 aromatic rings. The molecule has 0 bridgehead atoms. The molecule has 0 aromatic carbocycles. The number of nitrogen functional groups attached to an aromatic ring is 1. The molecule has 0 radical (unpaired) electrons. The number of ether oxygens (including phenoxy) is 2. The summed E-state index contributed by atoms with van der Waals surface area (Å²) < 4.78 is 11.5. The highest BCUT2D eigenvalue weighted by atomic mass is 16.7. The number of carbonyl (C=O) groups is 1. The van der Waals surface area contributed by atoms with Gasteiger partial charge in [0.15, 0.2) is 17.0 Å². The Kier molecular flexibility index (Phi) is 4.36. The third-order valence-corrected chi connectivity index (χ3v) is 4.74. The number of nitrogens with zero attached hydrogens (tertiary/aromatic N) is 4. The molecule has 9 nitrogen and oxygen atoms in total. The first-order valence-corrected chi connectivity index (χ1v) is 8.79. The summed E-state index contributed by atoms with van der Waals surface area (Å²) in [5.74, 6) is 1.27. The van der Waals surface area contributed by atoms with Gasteiger partial charge in [0, 0.05) is 6.04 Å². The number of aromatic nitrogens is 4. The minimum absolute atomic E-state index is 0.145. The molecule has 1 fully saturated rings. The van der Waals surface area contributed by atoms with Gasteiger partial charge >= 0.3 is 6.16 Å². The fourth-order valence-corrected chi connectivity index (χ4v) is 3.22. The molecule has 9 heteroatoms. The van der Waals surface area contributed by atoms with E-state index in [1.54, 1.807) is 6.33 Å². The van der Waals surface area contributed by atoms with Crippen LogP contribution in [-0.2, 0) is 9.47 Å². The lowest BCUT2D eigenvalue weighted by molar-refractivity contribution is 0.0694. The molecule has 2 heterocycles. The fourth-order valence-electron chi connectivity index (χ4n) is 3.22. The maximum Gasteiger partial charge on any atom is 0.507 e. The molecule has 2 atom stereocenters. The van der Waals surface area contributed by atoms with Crippen molar-refractivity contribution in [1.82, 2.24) is 19.5 Å². The van der Waals surface area contributed by atoms with Crippen molar-refractivity contribution in [1.29, 1.82) is 0 Å². The third-order valence-electron chi connectivity index (χ3n) is 4.74. The number of imidazole rings is 1. The third kappa shape index (κ3) is 3.42. The van der Waals surface area contributed by atoms with Gasteiger partial charge in [-0.3, -0.25) is 0 Å². The van der Waals surface area contributed by atoms with Crippen LogP contribution in [0.15, 0.2) is 18.5 Å². The van der Waals surface area contributed by atoms with Crippen molar-refractivity contribution in [3.63, 3.8) is 0 Å². The maximum absolute atomic E-state index is 11.0. The molecule has 26 heavy (non-hydrogen) atoms. The van der Waals surface area contributed by atoms with Crippen LogP contribution >= 0.6 is 0 Å². The van der Waals surface area contributed by atoms with Crippen LogP contribution in [0.25, 0.3) is 11.2 Å². The average Bonchev–Trinajstić information content (AvgIpc) is 3.15. The molecular formula is C17H22N6O3. The number of methoxy groups -OCH3 is 1. The largest absolute Gasteiger partial charge is 0.507 e. The Bertz CT molecular complexity index is 844. The smallest absolute Gasteiger partial charge is 0.438 e. The van der Waals surface area contributed by atoms with Crippen LogP contribution in [0.1, 0.15) is 31.7 Å². The number of allylic oxidation sites excluding steroid dienone is 2. The number of nitrogens with one attached hydrogen (secondary N) is 1. The number of hydrogen-bond donors (Lipinski definition) is 2. The summed E-state index contributed by atoms with van der Waals surface area (Å²) in [5.41, 5.74) is 7.39. The molecular weight excluding hydrogens is 336 g/mol. The SMILES string of the molecule is COC(=O)OCC[C@@H]1C=C[C@H](n2cnc3c(NC4CC4)nc(N)nc32)C1. The molecule has 138 valence electrons. The van der Waals surface area contributed by atoms with Crippen LogP contribution < -0.4 is 11.1 Å². The minimum atomic E-state index is -0.646. The number of nitrogens with two attached hydrogens (primary N) is 1. The second-order valence-electron chi connectivity index (χ2n) is 6.71. The highest BCUT2D eigenvalue weighted by Gasteiger charge is 2.26. The summed E-state index contributed by atoms with van der Waals surface area (Å²) in [6.07, 6.45) is 9.36. The van der Waals surface area contributed by atoms with Crippen molar-refractivity contribution in [2.24, 2.45) is 5.92 Å². The molecule has 3 N–H and O–H groups in total. The average molecular weight is 358 g/mol. The first-order valence-electron chi connectivity index (χ1n) is 8.79. The van der Waals surface area contributed by atoms with Crippen LogP contribution in [0.2, 0.25) is 0 Å². The van der Waals surface area contributed by atoms with Crippen molar-refractivity contribution < 1.29 is 14.3 Å². The van der Waals surface area contributed by atoms with Gasteiger partial charge in [-0.05, 0) is 31.6 Å². The molecule has 2 aliphatic rings. The zero-order valence-corrected chi connectivity index (χ0v) is 14.6. The highest BCUT2D eigenvalue weighted by molar-refractivity contribution is 5.84. The zero-order valence-electron chi connectivity index (χ0n) is 14.6. The highest BCUT2D eigenvalue weighted by Crippen LogP contribution is 2.34. The molecule has 0 amide bonds. The quantitative estimate of drug-likeness (QED) is 0.596. The molecule has 4 rings (SSSR count). The summed E-state index contributed by atoms with van der Waals surface area (Å²) in [7, 11) is 1.30. The van der Waals surface area contributed by atoms with Crippen LogP contribution in [0.5, 0.6) is 0 Å². The summed E-state index contributed by atoms with van der Waals surface area (Å²) in [6, 6.07) is 0.606. The van der Waals surface area contributed by atoms with E-state index in [1.807, 2.05) is 4.57 Å². The van der Waals surface area contributed by atoms with Gasteiger partial charge < -0.3 is 25.1 Å². The van der Waals surface area contributed by atoms with Crippen molar-refractivity contribution in [3.8, 4) is 0 Å². The van der Waals surface area contributed by atoms with E-state index < -0.39 is 6.16 Å². The summed E-state index contributed by atoms with van der Waals surface area (Å²) in [6.45, 7) is 0.337. The van der Waals surface area contributed by atoms with E-state index >= 15 is 0 Å². The van der Waals surface area contributed by atoms with Crippen LogP contribution in [0, 0.1) is 5.92 Å². The molecule has 2 aromatic heterocycles. The van der Waals surface area contributed by atoms with Gasteiger partial charge in [0.1, 0.15) is 0 Å². The predicted octanol–water partition coefficient (Wildman–Crippen LogP) is 2.27. The number of anilines is 2.